The van der Waals surface area contributed by atoms with Crippen LogP contribution < -0.4 is 0 Å². The molecule has 0 amide bonds. The molecule has 18 heavy (non-hydrogen) atoms. The van der Waals surface area contributed by atoms with E-state index in [2.05, 4.69) is 30.7 Å². The van der Waals surface area contributed by atoms with Crippen LogP contribution in [0.1, 0.15) is 46.0 Å². The fourth-order valence-corrected chi connectivity index (χ4v) is 2.51. The number of likely N-dealkylation sites (tertiary alicyclic amines) is 1. The maximum Gasteiger partial charge on any atom is 0.0596 e. The van der Waals surface area contributed by atoms with E-state index in [4.69, 9.17) is 4.74 Å². The van der Waals surface area contributed by atoms with Crippen LogP contribution >= 0.6 is 0 Å². The molecule has 0 aromatic heterocycles. The lowest BCUT2D eigenvalue weighted by atomic mass is 10.1. The summed E-state index contributed by atoms with van der Waals surface area (Å²) in [5.41, 5.74) is 0. The second kappa shape index (κ2) is 9.76. The van der Waals surface area contributed by atoms with E-state index >= 15 is 0 Å². The van der Waals surface area contributed by atoms with Crippen LogP contribution in [0.4, 0.5) is 0 Å². The van der Waals surface area contributed by atoms with Crippen molar-refractivity contribution in [3.63, 3.8) is 0 Å². The molecule has 1 aliphatic rings. The SMILES string of the molecule is CCCC(C)OCCN(C)CCN1CCCCC1. The molecule has 0 aromatic carbocycles. The van der Waals surface area contributed by atoms with Gasteiger partial charge >= 0.3 is 0 Å². The van der Waals surface area contributed by atoms with Crippen molar-refractivity contribution >= 4 is 0 Å². The third-order valence-corrected chi connectivity index (χ3v) is 3.82. The van der Waals surface area contributed by atoms with Crippen molar-refractivity contribution in [1.29, 1.82) is 0 Å². The molecule has 0 radical (unpaired) electrons. The summed E-state index contributed by atoms with van der Waals surface area (Å²) in [4.78, 5) is 4.99. The minimum Gasteiger partial charge on any atom is -0.377 e. The number of ether oxygens (including phenoxy) is 1. The fourth-order valence-electron chi connectivity index (χ4n) is 2.51. The molecule has 0 aromatic rings. The van der Waals surface area contributed by atoms with Gasteiger partial charge in [0, 0.05) is 19.6 Å². The largest absolute Gasteiger partial charge is 0.377 e. The molecule has 3 heteroatoms. The van der Waals surface area contributed by atoms with E-state index in [0.29, 0.717) is 6.10 Å². The third-order valence-electron chi connectivity index (χ3n) is 3.82. The van der Waals surface area contributed by atoms with Crippen molar-refractivity contribution in [2.75, 3.05) is 46.4 Å². The van der Waals surface area contributed by atoms with E-state index in [0.717, 1.165) is 13.2 Å². The van der Waals surface area contributed by atoms with Gasteiger partial charge in [-0.25, -0.2) is 0 Å². The minimum atomic E-state index is 0.422. The summed E-state index contributed by atoms with van der Waals surface area (Å²) in [6.07, 6.45) is 7.02. The van der Waals surface area contributed by atoms with E-state index < -0.39 is 0 Å². The Morgan fingerprint density at radius 3 is 2.56 bits per heavy atom. The van der Waals surface area contributed by atoms with E-state index in [-0.39, 0.29) is 0 Å². The van der Waals surface area contributed by atoms with Gasteiger partial charge < -0.3 is 14.5 Å². The molecule has 0 N–H and O–H groups in total. The zero-order valence-corrected chi connectivity index (χ0v) is 12.7. The first kappa shape index (κ1) is 15.9. The molecular weight excluding hydrogens is 224 g/mol. The van der Waals surface area contributed by atoms with Gasteiger partial charge in [0.25, 0.3) is 0 Å². The van der Waals surface area contributed by atoms with Crippen LogP contribution in [0.3, 0.4) is 0 Å². The van der Waals surface area contributed by atoms with Gasteiger partial charge in [-0.1, -0.05) is 19.8 Å². The summed E-state index contributed by atoms with van der Waals surface area (Å²) in [5.74, 6) is 0. The highest BCUT2D eigenvalue weighted by molar-refractivity contribution is 4.66. The first-order chi connectivity index (χ1) is 8.72. The molecule has 1 aliphatic heterocycles. The molecule has 1 fully saturated rings. The summed E-state index contributed by atoms with van der Waals surface area (Å²) < 4.78 is 5.79. The van der Waals surface area contributed by atoms with Crippen molar-refractivity contribution in [2.24, 2.45) is 0 Å². The number of nitrogens with zero attached hydrogens (tertiary/aromatic N) is 2. The highest BCUT2D eigenvalue weighted by atomic mass is 16.5. The Labute approximate surface area is 113 Å². The van der Waals surface area contributed by atoms with Crippen molar-refractivity contribution in [3.05, 3.63) is 0 Å². The Balaban J connectivity index is 1.97. The van der Waals surface area contributed by atoms with Crippen LogP contribution in [0.5, 0.6) is 0 Å². The maximum absolute atomic E-state index is 5.79. The zero-order valence-electron chi connectivity index (χ0n) is 12.7. The second-order valence-electron chi connectivity index (χ2n) is 5.68. The molecule has 1 saturated heterocycles. The Morgan fingerprint density at radius 1 is 1.17 bits per heavy atom. The molecule has 1 atom stereocenters. The molecule has 0 saturated carbocycles. The minimum absolute atomic E-state index is 0.422. The fraction of sp³-hybridized carbons (Fsp3) is 1.00. The number of likely N-dealkylation sites (N-methyl/N-ethyl adjacent to an activating group) is 1. The molecule has 0 aliphatic carbocycles. The smallest absolute Gasteiger partial charge is 0.0596 e. The van der Waals surface area contributed by atoms with E-state index in [1.165, 1.54) is 58.3 Å². The van der Waals surface area contributed by atoms with Crippen LogP contribution in [-0.2, 0) is 4.74 Å². The average Bonchev–Trinajstić information content (AvgIpc) is 2.38. The van der Waals surface area contributed by atoms with Crippen molar-refractivity contribution in [2.45, 2.75) is 52.1 Å². The summed E-state index contributed by atoms with van der Waals surface area (Å²) in [6.45, 7) is 11.3. The monoisotopic (exact) mass is 256 g/mol. The molecule has 0 bridgehead atoms. The van der Waals surface area contributed by atoms with Crippen LogP contribution in [0.15, 0.2) is 0 Å². The summed E-state index contributed by atoms with van der Waals surface area (Å²) in [5, 5.41) is 0. The average molecular weight is 256 g/mol. The highest BCUT2D eigenvalue weighted by Gasteiger charge is 2.10. The van der Waals surface area contributed by atoms with E-state index in [9.17, 15) is 0 Å². The first-order valence-electron chi connectivity index (χ1n) is 7.75. The number of rotatable bonds is 9. The lowest BCUT2D eigenvalue weighted by Crippen LogP contribution is -2.37. The molecule has 1 rings (SSSR count). The molecule has 1 unspecified atom stereocenters. The molecule has 0 spiro atoms. The van der Waals surface area contributed by atoms with Crippen LogP contribution in [-0.4, -0.2) is 62.3 Å². The quantitative estimate of drug-likeness (QED) is 0.631. The van der Waals surface area contributed by atoms with Crippen molar-refractivity contribution in [1.82, 2.24) is 9.80 Å². The summed E-state index contributed by atoms with van der Waals surface area (Å²) in [7, 11) is 2.21. The third kappa shape index (κ3) is 7.34. The Bertz CT molecular complexity index is 193. The van der Waals surface area contributed by atoms with Crippen LogP contribution in [0.2, 0.25) is 0 Å². The Kier molecular flexibility index (Phi) is 8.64. The highest BCUT2D eigenvalue weighted by Crippen LogP contribution is 2.08. The zero-order chi connectivity index (χ0) is 13.2. The predicted molar refractivity (Wildman–Crippen MR) is 78.1 cm³/mol. The van der Waals surface area contributed by atoms with Crippen molar-refractivity contribution < 1.29 is 4.74 Å². The van der Waals surface area contributed by atoms with Crippen LogP contribution in [0.25, 0.3) is 0 Å². The number of hydrogen-bond acceptors (Lipinski definition) is 3. The summed E-state index contributed by atoms with van der Waals surface area (Å²) in [6, 6.07) is 0. The van der Waals surface area contributed by atoms with Gasteiger partial charge in [0.15, 0.2) is 0 Å². The normalized spacial score (nSPS) is 19.3. The predicted octanol–water partition coefficient (Wildman–Crippen LogP) is 2.61. The van der Waals surface area contributed by atoms with Gasteiger partial charge in [0.2, 0.25) is 0 Å². The Hall–Kier alpha value is -0.120. The molecule has 3 nitrogen and oxygen atoms in total. The van der Waals surface area contributed by atoms with Gasteiger partial charge in [-0.05, 0) is 46.3 Å². The topological polar surface area (TPSA) is 15.7 Å². The van der Waals surface area contributed by atoms with E-state index in [1.807, 2.05) is 0 Å². The van der Waals surface area contributed by atoms with Crippen LogP contribution in [0, 0.1) is 0 Å². The lowest BCUT2D eigenvalue weighted by molar-refractivity contribution is 0.0455. The molecular formula is C15H32N2O. The van der Waals surface area contributed by atoms with Gasteiger partial charge in [-0.3, -0.25) is 0 Å². The van der Waals surface area contributed by atoms with Gasteiger partial charge in [-0.15, -0.1) is 0 Å². The van der Waals surface area contributed by atoms with Crippen molar-refractivity contribution in [3.8, 4) is 0 Å². The molecule has 1 heterocycles. The lowest BCUT2D eigenvalue weighted by Gasteiger charge is -2.28. The summed E-state index contributed by atoms with van der Waals surface area (Å²) >= 11 is 0. The molecule has 108 valence electrons. The van der Waals surface area contributed by atoms with Gasteiger partial charge in [0.05, 0.1) is 12.7 Å². The van der Waals surface area contributed by atoms with E-state index in [1.54, 1.807) is 0 Å². The Morgan fingerprint density at radius 2 is 1.89 bits per heavy atom. The van der Waals surface area contributed by atoms with Gasteiger partial charge in [-0.2, -0.15) is 0 Å². The standard InChI is InChI=1S/C15H32N2O/c1-4-8-15(2)18-14-13-16(3)11-12-17-9-6-5-7-10-17/h15H,4-14H2,1-3H3. The second-order valence-corrected chi connectivity index (χ2v) is 5.68. The van der Waals surface area contributed by atoms with Gasteiger partial charge in [0.1, 0.15) is 0 Å². The number of piperidine rings is 1. The first-order valence-corrected chi connectivity index (χ1v) is 7.75. The number of hydrogen-bond donors (Lipinski definition) is 0. The maximum atomic E-state index is 5.79.